The number of furan rings is 1. The van der Waals surface area contributed by atoms with E-state index in [1.807, 2.05) is 36.1 Å². The number of benzene rings is 1. The number of hydrogen-bond acceptors (Lipinski definition) is 4. The molecular formula is C22H30N2O3. The fraction of sp³-hybridized carbons (Fsp3) is 0.591. The zero-order valence-electron chi connectivity index (χ0n) is 16.2. The standard InChI is InChI=1S/C22H30N2O3/c1-16-10-18-11-17(6-7-21(18)27-16)22(26)24-13-19(20(14-24)15-25)12-23-8-4-2-3-5-9-23/h6-7,10-11,19-20,25H,2-5,8-9,12-15H2,1H3/t19-,20-/m1/s1. The molecule has 1 aromatic heterocycles. The molecule has 0 bridgehead atoms. The van der Waals surface area contributed by atoms with E-state index in [9.17, 15) is 9.90 Å². The maximum absolute atomic E-state index is 13.1. The molecule has 2 aromatic rings. The molecule has 2 aliphatic rings. The minimum atomic E-state index is 0.0626. The van der Waals surface area contributed by atoms with Gasteiger partial charge >= 0.3 is 0 Å². The second kappa shape index (κ2) is 8.03. The van der Waals surface area contributed by atoms with Crippen molar-refractivity contribution in [2.24, 2.45) is 11.8 Å². The van der Waals surface area contributed by atoms with Gasteiger partial charge in [0.15, 0.2) is 0 Å². The second-order valence-corrected chi connectivity index (χ2v) is 8.24. The highest BCUT2D eigenvalue weighted by Crippen LogP contribution is 2.28. The van der Waals surface area contributed by atoms with Gasteiger partial charge in [-0.1, -0.05) is 12.8 Å². The topological polar surface area (TPSA) is 56.9 Å². The molecule has 5 nitrogen and oxygen atoms in total. The van der Waals surface area contributed by atoms with Crippen molar-refractivity contribution in [3.8, 4) is 0 Å². The molecule has 0 spiro atoms. The molecule has 0 saturated carbocycles. The summed E-state index contributed by atoms with van der Waals surface area (Å²) in [7, 11) is 0. The Morgan fingerprint density at radius 1 is 1.11 bits per heavy atom. The summed E-state index contributed by atoms with van der Waals surface area (Å²) in [6.45, 7) is 6.76. The number of aliphatic hydroxyl groups is 1. The lowest BCUT2D eigenvalue weighted by molar-refractivity contribution is 0.0779. The Bertz CT molecular complexity index is 792. The molecule has 4 rings (SSSR count). The van der Waals surface area contributed by atoms with Crippen molar-refractivity contribution in [1.82, 2.24) is 9.80 Å². The number of amides is 1. The van der Waals surface area contributed by atoms with Crippen molar-refractivity contribution in [2.45, 2.75) is 32.6 Å². The van der Waals surface area contributed by atoms with Crippen molar-refractivity contribution in [2.75, 3.05) is 39.3 Å². The smallest absolute Gasteiger partial charge is 0.253 e. The normalized spacial score (nSPS) is 24.4. The molecular weight excluding hydrogens is 340 g/mol. The van der Waals surface area contributed by atoms with E-state index in [-0.39, 0.29) is 18.4 Å². The summed E-state index contributed by atoms with van der Waals surface area (Å²) in [6, 6.07) is 7.62. The predicted octanol–water partition coefficient (Wildman–Crippen LogP) is 3.30. The first-order chi connectivity index (χ1) is 13.1. The number of likely N-dealkylation sites (tertiary alicyclic amines) is 2. The van der Waals surface area contributed by atoms with Crippen LogP contribution in [-0.2, 0) is 0 Å². The van der Waals surface area contributed by atoms with Gasteiger partial charge in [-0.15, -0.1) is 0 Å². The lowest BCUT2D eigenvalue weighted by atomic mass is 9.96. The molecule has 2 fully saturated rings. The van der Waals surface area contributed by atoms with Gasteiger partial charge in [0, 0.05) is 43.1 Å². The molecule has 27 heavy (non-hydrogen) atoms. The molecule has 3 heterocycles. The van der Waals surface area contributed by atoms with Crippen LogP contribution in [0.25, 0.3) is 11.0 Å². The third kappa shape index (κ3) is 4.04. The molecule has 146 valence electrons. The number of hydrogen-bond donors (Lipinski definition) is 1. The Morgan fingerprint density at radius 2 is 1.85 bits per heavy atom. The van der Waals surface area contributed by atoms with Crippen LogP contribution in [0.2, 0.25) is 0 Å². The average molecular weight is 370 g/mol. The summed E-state index contributed by atoms with van der Waals surface area (Å²) >= 11 is 0. The van der Waals surface area contributed by atoms with E-state index in [2.05, 4.69) is 4.90 Å². The maximum atomic E-state index is 13.1. The van der Waals surface area contributed by atoms with Gasteiger partial charge in [-0.05, 0) is 63.0 Å². The van der Waals surface area contributed by atoms with Crippen LogP contribution in [0.5, 0.6) is 0 Å². The quantitative estimate of drug-likeness (QED) is 0.897. The fourth-order valence-corrected chi connectivity index (χ4v) is 4.66. The van der Waals surface area contributed by atoms with E-state index in [1.54, 1.807) is 0 Å². The number of aryl methyl sites for hydroxylation is 1. The average Bonchev–Trinajstić information content (AvgIpc) is 3.14. The van der Waals surface area contributed by atoms with Gasteiger partial charge in [-0.25, -0.2) is 0 Å². The summed E-state index contributed by atoms with van der Waals surface area (Å²) in [5.41, 5.74) is 1.52. The number of fused-ring (bicyclic) bond motifs is 1. The summed E-state index contributed by atoms with van der Waals surface area (Å²) in [4.78, 5) is 17.5. The minimum absolute atomic E-state index is 0.0626. The monoisotopic (exact) mass is 370 g/mol. The first kappa shape index (κ1) is 18.5. The van der Waals surface area contributed by atoms with Gasteiger partial charge < -0.3 is 19.3 Å². The van der Waals surface area contributed by atoms with Crippen LogP contribution in [0, 0.1) is 18.8 Å². The van der Waals surface area contributed by atoms with Crippen LogP contribution in [0.15, 0.2) is 28.7 Å². The van der Waals surface area contributed by atoms with E-state index < -0.39 is 0 Å². The fourth-order valence-electron chi connectivity index (χ4n) is 4.66. The van der Waals surface area contributed by atoms with E-state index >= 15 is 0 Å². The van der Waals surface area contributed by atoms with Crippen molar-refractivity contribution >= 4 is 16.9 Å². The van der Waals surface area contributed by atoms with Crippen molar-refractivity contribution < 1.29 is 14.3 Å². The second-order valence-electron chi connectivity index (χ2n) is 8.24. The highest BCUT2D eigenvalue weighted by Gasteiger charge is 2.36. The lowest BCUT2D eigenvalue weighted by Crippen LogP contribution is -2.35. The van der Waals surface area contributed by atoms with Crippen LogP contribution in [0.1, 0.15) is 41.8 Å². The predicted molar refractivity (Wildman–Crippen MR) is 106 cm³/mol. The molecule has 0 aliphatic carbocycles. The van der Waals surface area contributed by atoms with Gasteiger partial charge in [0.25, 0.3) is 5.91 Å². The summed E-state index contributed by atoms with van der Waals surface area (Å²) in [5, 5.41) is 10.8. The highest BCUT2D eigenvalue weighted by atomic mass is 16.3. The molecule has 1 amide bonds. The third-order valence-electron chi connectivity index (χ3n) is 6.18. The number of rotatable bonds is 4. The SMILES string of the molecule is Cc1cc2cc(C(=O)N3C[C@@H](CN4CCCCCC4)[C@@H](CO)C3)ccc2o1. The van der Waals surface area contributed by atoms with E-state index in [1.165, 1.54) is 25.7 Å². The van der Waals surface area contributed by atoms with Gasteiger partial charge in [-0.2, -0.15) is 0 Å². The first-order valence-electron chi connectivity index (χ1n) is 10.3. The largest absolute Gasteiger partial charge is 0.461 e. The Kier molecular flexibility index (Phi) is 5.50. The summed E-state index contributed by atoms with van der Waals surface area (Å²) in [5.74, 6) is 1.45. The Hall–Kier alpha value is -1.85. The van der Waals surface area contributed by atoms with E-state index in [0.29, 0.717) is 18.0 Å². The Labute approximate surface area is 160 Å². The zero-order valence-corrected chi connectivity index (χ0v) is 16.2. The zero-order chi connectivity index (χ0) is 18.8. The minimum Gasteiger partial charge on any atom is -0.461 e. The molecule has 2 saturated heterocycles. The van der Waals surface area contributed by atoms with E-state index in [0.717, 1.165) is 42.9 Å². The number of carbonyl (C=O) groups is 1. The lowest BCUT2D eigenvalue weighted by Gasteiger charge is -2.26. The van der Waals surface area contributed by atoms with Gasteiger partial charge in [0.05, 0.1) is 0 Å². The summed E-state index contributed by atoms with van der Waals surface area (Å²) in [6.07, 6.45) is 5.18. The molecule has 5 heteroatoms. The molecule has 1 N–H and O–H groups in total. The maximum Gasteiger partial charge on any atom is 0.253 e. The first-order valence-corrected chi connectivity index (χ1v) is 10.3. The van der Waals surface area contributed by atoms with Gasteiger partial charge in [0.2, 0.25) is 0 Å². The number of carbonyl (C=O) groups excluding carboxylic acids is 1. The van der Waals surface area contributed by atoms with Crippen LogP contribution in [0.4, 0.5) is 0 Å². The van der Waals surface area contributed by atoms with Gasteiger partial charge in [-0.3, -0.25) is 4.79 Å². The van der Waals surface area contributed by atoms with Gasteiger partial charge in [0.1, 0.15) is 11.3 Å². The van der Waals surface area contributed by atoms with Crippen LogP contribution in [-0.4, -0.2) is 60.1 Å². The molecule has 2 aliphatic heterocycles. The molecule has 1 aromatic carbocycles. The Balaban J connectivity index is 1.45. The molecule has 0 unspecified atom stereocenters. The summed E-state index contributed by atoms with van der Waals surface area (Å²) < 4.78 is 5.61. The number of nitrogens with zero attached hydrogens (tertiary/aromatic N) is 2. The third-order valence-corrected chi connectivity index (χ3v) is 6.18. The highest BCUT2D eigenvalue weighted by molar-refractivity contribution is 5.98. The van der Waals surface area contributed by atoms with Crippen LogP contribution < -0.4 is 0 Å². The van der Waals surface area contributed by atoms with Crippen LogP contribution >= 0.6 is 0 Å². The molecule has 0 radical (unpaired) electrons. The van der Waals surface area contributed by atoms with Crippen molar-refractivity contribution in [3.05, 3.63) is 35.6 Å². The Morgan fingerprint density at radius 3 is 2.59 bits per heavy atom. The van der Waals surface area contributed by atoms with Crippen molar-refractivity contribution in [1.29, 1.82) is 0 Å². The van der Waals surface area contributed by atoms with E-state index in [4.69, 9.17) is 4.42 Å². The van der Waals surface area contributed by atoms with Crippen molar-refractivity contribution in [3.63, 3.8) is 0 Å². The van der Waals surface area contributed by atoms with Crippen LogP contribution in [0.3, 0.4) is 0 Å². The number of aliphatic hydroxyl groups excluding tert-OH is 1. The molecule has 2 atom stereocenters.